The van der Waals surface area contributed by atoms with Crippen molar-refractivity contribution in [2.45, 2.75) is 70.7 Å². The van der Waals surface area contributed by atoms with Gasteiger partial charge in [-0.15, -0.1) is 0 Å². The van der Waals surface area contributed by atoms with Gasteiger partial charge < -0.3 is 10.6 Å². The summed E-state index contributed by atoms with van der Waals surface area (Å²) in [5.41, 5.74) is 9.27. The van der Waals surface area contributed by atoms with Gasteiger partial charge in [0.1, 0.15) is 6.04 Å². The predicted octanol–water partition coefficient (Wildman–Crippen LogP) is 1.40. The number of nitrogens with one attached hydrogen (secondary N) is 1. The Kier molecular flexibility index (Phi) is 4.52. The number of imide groups is 1. The third-order valence-electron chi connectivity index (χ3n) is 7.88. The Bertz CT molecular complexity index is 927. The average Bonchev–Trinajstić information content (AvgIpc) is 3.05. The molecule has 2 saturated heterocycles. The maximum absolute atomic E-state index is 13.3. The second-order valence-electron chi connectivity index (χ2n) is 9.92. The quantitative estimate of drug-likeness (QED) is 0.735. The topological polar surface area (TPSA) is 95.7 Å². The second-order valence-corrected chi connectivity index (χ2v) is 9.92. The summed E-state index contributed by atoms with van der Waals surface area (Å²) in [4.78, 5) is 41.3. The lowest BCUT2D eigenvalue weighted by molar-refractivity contribution is -0.136. The minimum absolute atomic E-state index is 0.0752. The first-order valence-electron chi connectivity index (χ1n) is 11.0. The Balaban J connectivity index is 1.39. The molecule has 160 valence electrons. The van der Waals surface area contributed by atoms with Gasteiger partial charge in [0.2, 0.25) is 11.8 Å². The fourth-order valence-electron chi connectivity index (χ4n) is 6.34. The molecule has 0 aromatic heterocycles. The number of fused-ring (bicyclic) bond motifs is 2. The monoisotopic (exact) mass is 410 g/mol. The van der Waals surface area contributed by atoms with Gasteiger partial charge >= 0.3 is 0 Å². The number of amides is 3. The molecule has 7 heteroatoms. The fraction of sp³-hybridized carbons (Fsp3) is 0.609. The molecule has 3 aliphatic heterocycles. The molecule has 3 heterocycles. The molecule has 0 spiro atoms. The maximum atomic E-state index is 13.3. The van der Waals surface area contributed by atoms with Gasteiger partial charge in [-0.2, -0.15) is 0 Å². The third-order valence-corrected chi connectivity index (χ3v) is 7.88. The predicted molar refractivity (Wildman–Crippen MR) is 111 cm³/mol. The number of hydrogen-bond acceptors (Lipinski definition) is 5. The van der Waals surface area contributed by atoms with E-state index >= 15 is 0 Å². The summed E-state index contributed by atoms with van der Waals surface area (Å²) in [6, 6.07) is 6.13. The maximum Gasteiger partial charge on any atom is 0.255 e. The van der Waals surface area contributed by atoms with Crippen molar-refractivity contribution >= 4 is 17.7 Å². The lowest BCUT2D eigenvalue weighted by Crippen LogP contribution is -2.72. The van der Waals surface area contributed by atoms with Crippen molar-refractivity contribution in [1.82, 2.24) is 15.1 Å². The van der Waals surface area contributed by atoms with Crippen molar-refractivity contribution in [2.75, 3.05) is 6.54 Å². The number of nitrogens with zero attached hydrogens (tertiary/aromatic N) is 2. The van der Waals surface area contributed by atoms with Crippen LogP contribution in [0.15, 0.2) is 18.2 Å². The summed E-state index contributed by atoms with van der Waals surface area (Å²) < 4.78 is 0. The average molecular weight is 411 g/mol. The second kappa shape index (κ2) is 6.89. The van der Waals surface area contributed by atoms with Crippen molar-refractivity contribution in [3.63, 3.8) is 0 Å². The first-order valence-corrected chi connectivity index (χ1v) is 11.0. The van der Waals surface area contributed by atoms with Crippen LogP contribution in [-0.2, 0) is 22.7 Å². The largest absolute Gasteiger partial charge is 0.327 e. The van der Waals surface area contributed by atoms with Crippen molar-refractivity contribution in [2.24, 2.45) is 17.1 Å². The Morgan fingerprint density at radius 1 is 1.20 bits per heavy atom. The van der Waals surface area contributed by atoms with E-state index < -0.39 is 6.04 Å². The Hall–Kier alpha value is -2.25. The first kappa shape index (κ1) is 19.7. The molecule has 4 atom stereocenters. The molecule has 1 aromatic carbocycles. The SMILES string of the molecule is CC1(C)C(N)C2CCCN(Cc3cccc4c3C(=O)N(C3CCC(=O)NC3=O)C4)C21. The normalized spacial score (nSPS) is 33.0. The van der Waals surface area contributed by atoms with Crippen LogP contribution < -0.4 is 11.1 Å². The molecule has 0 bridgehead atoms. The van der Waals surface area contributed by atoms with Crippen LogP contribution in [-0.4, -0.2) is 52.2 Å². The van der Waals surface area contributed by atoms with E-state index in [-0.39, 0.29) is 35.6 Å². The highest BCUT2D eigenvalue weighted by Crippen LogP contribution is 2.51. The van der Waals surface area contributed by atoms with Crippen LogP contribution in [0.1, 0.15) is 61.0 Å². The molecule has 3 N–H and O–H groups in total. The Morgan fingerprint density at radius 2 is 2.00 bits per heavy atom. The number of piperidine rings is 2. The van der Waals surface area contributed by atoms with Crippen molar-refractivity contribution < 1.29 is 14.4 Å². The van der Waals surface area contributed by atoms with E-state index in [1.807, 2.05) is 18.2 Å². The minimum atomic E-state index is -0.571. The zero-order valence-corrected chi connectivity index (χ0v) is 17.7. The molecule has 7 nitrogen and oxygen atoms in total. The van der Waals surface area contributed by atoms with Gasteiger partial charge in [0.15, 0.2) is 0 Å². The molecule has 4 aliphatic rings. The van der Waals surface area contributed by atoms with Gasteiger partial charge in [0.05, 0.1) is 0 Å². The van der Waals surface area contributed by atoms with Gasteiger partial charge in [-0.25, -0.2) is 0 Å². The summed E-state index contributed by atoms with van der Waals surface area (Å²) in [5, 5.41) is 2.37. The lowest BCUT2D eigenvalue weighted by atomic mass is 9.53. The van der Waals surface area contributed by atoms with Gasteiger partial charge in [-0.05, 0) is 48.3 Å². The zero-order chi connectivity index (χ0) is 21.2. The van der Waals surface area contributed by atoms with Crippen LogP contribution >= 0.6 is 0 Å². The van der Waals surface area contributed by atoms with Gasteiger partial charge in [-0.1, -0.05) is 32.0 Å². The number of nitrogens with two attached hydrogens (primary N) is 1. The van der Waals surface area contributed by atoms with Crippen LogP contribution in [0.3, 0.4) is 0 Å². The molecule has 4 unspecified atom stereocenters. The molecule has 5 rings (SSSR count). The molecular weight excluding hydrogens is 380 g/mol. The van der Waals surface area contributed by atoms with E-state index in [0.717, 1.165) is 36.2 Å². The number of likely N-dealkylation sites (tertiary alicyclic amines) is 1. The highest BCUT2D eigenvalue weighted by atomic mass is 16.2. The number of hydrogen-bond donors (Lipinski definition) is 2. The summed E-state index contributed by atoms with van der Waals surface area (Å²) in [5.74, 6) is -0.186. The third kappa shape index (κ3) is 2.82. The number of carbonyl (C=O) groups excluding carboxylic acids is 3. The standard InChI is InChI=1S/C23H30N4O3/c1-23(2)19(24)15-7-4-10-26(20(15)23)11-13-5-3-6-14-12-27(22(30)18(13)14)16-8-9-17(28)25-21(16)29/h3,5-6,15-16,19-20H,4,7-12,24H2,1-2H3,(H,25,28,29). The van der Waals surface area contributed by atoms with Crippen LogP contribution in [0.25, 0.3) is 0 Å². The van der Waals surface area contributed by atoms with Crippen molar-refractivity contribution in [3.8, 4) is 0 Å². The fourth-order valence-corrected chi connectivity index (χ4v) is 6.34. The molecule has 1 aromatic rings. The number of rotatable bonds is 3. The summed E-state index contributed by atoms with van der Waals surface area (Å²) in [7, 11) is 0. The molecule has 30 heavy (non-hydrogen) atoms. The molecule has 3 fully saturated rings. The Labute approximate surface area is 177 Å². The molecule has 1 saturated carbocycles. The van der Waals surface area contributed by atoms with E-state index in [9.17, 15) is 14.4 Å². The number of benzene rings is 1. The number of carbonyl (C=O) groups is 3. The first-order chi connectivity index (χ1) is 14.3. The van der Waals surface area contributed by atoms with Gasteiger partial charge in [-0.3, -0.25) is 24.6 Å². The lowest BCUT2D eigenvalue weighted by Gasteiger charge is -2.63. The summed E-state index contributed by atoms with van der Waals surface area (Å²) in [6.07, 6.45) is 2.98. The van der Waals surface area contributed by atoms with E-state index in [4.69, 9.17) is 5.73 Å². The molecule has 0 radical (unpaired) electrons. The zero-order valence-electron chi connectivity index (χ0n) is 17.7. The van der Waals surface area contributed by atoms with E-state index in [1.54, 1.807) is 4.90 Å². The van der Waals surface area contributed by atoms with E-state index in [2.05, 4.69) is 24.1 Å². The van der Waals surface area contributed by atoms with Crippen LogP contribution in [0.2, 0.25) is 0 Å². The minimum Gasteiger partial charge on any atom is -0.327 e. The van der Waals surface area contributed by atoms with E-state index in [0.29, 0.717) is 24.9 Å². The smallest absolute Gasteiger partial charge is 0.255 e. The van der Waals surface area contributed by atoms with Crippen LogP contribution in [0, 0.1) is 11.3 Å². The molecular formula is C23H30N4O3. The summed E-state index contributed by atoms with van der Waals surface area (Å²) in [6.45, 7) is 6.68. The highest BCUT2D eigenvalue weighted by Gasteiger charge is 2.57. The van der Waals surface area contributed by atoms with Gasteiger partial charge in [0.25, 0.3) is 5.91 Å². The van der Waals surface area contributed by atoms with Crippen LogP contribution in [0.5, 0.6) is 0 Å². The van der Waals surface area contributed by atoms with Crippen molar-refractivity contribution in [1.29, 1.82) is 0 Å². The van der Waals surface area contributed by atoms with Crippen molar-refractivity contribution in [3.05, 3.63) is 34.9 Å². The van der Waals surface area contributed by atoms with E-state index in [1.165, 1.54) is 6.42 Å². The summed E-state index contributed by atoms with van der Waals surface area (Å²) >= 11 is 0. The highest BCUT2D eigenvalue weighted by molar-refractivity contribution is 6.06. The molecule has 3 amide bonds. The Morgan fingerprint density at radius 3 is 2.77 bits per heavy atom. The molecule has 1 aliphatic carbocycles. The van der Waals surface area contributed by atoms with Gasteiger partial charge in [0, 0.05) is 37.2 Å². The van der Waals surface area contributed by atoms with Crippen LogP contribution in [0.4, 0.5) is 0 Å².